The van der Waals surface area contributed by atoms with Crippen molar-refractivity contribution in [3.05, 3.63) is 51.8 Å². The minimum Gasteiger partial charge on any atom is -0.335 e. The number of amides is 1. The van der Waals surface area contributed by atoms with E-state index in [1.807, 2.05) is 32.0 Å². The number of nitrogens with zero attached hydrogens (tertiary/aromatic N) is 5. The molecule has 1 aliphatic rings. The summed E-state index contributed by atoms with van der Waals surface area (Å²) in [6, 6.07) is 6.26. The van der Waals surface area contributed by atoms with Crippen LogP contribution >= 0.6 is 11.6 Å². The van der Waals surface area contributed by atoms with Crippen LogP contribution < -0.4 is 10.6 Å². The predicted molar refractivity (Wildman–Crippen MR) is 140 cm³/mol. The lowest BCUT2D eigenvalue weighted by atomic mass is 9.90. The molecule has 1 saturated heterocycles. The number of anilines is 4. The van der Waals surface area contributed by atoms with Crippen molar-refractivity contribution in [2.45, 2.75) is 46.1 Å². The number of rotatable bonds is 7. The molecule has 1 fully saturated rings. The SMILES string of the molecule is Cc1cc(Nc2nc(Nc3cc(C)c(C4CCCCN4C(=O)CN(C)C)cc3C)ncc2Cl)n[nH]1. The fourth-order valence-corrected chi connectivity index (χ4v) is 4.62. The molecule has 2 aromatic heterocycles. The third-order valence-electron chi connectivity index (χ3n) is 6.19. The summed E-state index contributed by atoms with van der Waals surface area (Å²) < 4.78 is 0. The molecule has 10 heteroatoms. The van der Waals surface area contributed by atoms with Gasteiger partial charge in [-0.3, -0.25) is 9.89 Å². The number of hydrogen-bond donors (Lipinski definition) is 3. The standard InChI is InChI=1S/C25H33ClN8O/c1-15-11-20(28-25-27-13-19(26)24(30-25)29-22-12-17(3)31-32-22)16(2)10-18(15)21-8-6-7-9-34(21)23(35)14-33(4)5/h10-13,21H,6-9,14H2,1-5H3,(H3,27,28,29,30,31,32). The zero-order chi connectivity index (χ0) is 25.1. The van der Waals surface area contributed by atoms with Gasteiger partial charge in [0.1, 0.15) is 5.02 Å². The zero-order valence-corrected chi connectivity index (χ0v) is 21.7. The number of nitrogens with one attached hydrogen (secondary N) is 3. The second kappa shape index (κ2) is 10.6. The highest BCUT2D eigenvalue weighted by Crippen LogP contribution is 2.36. The highest BCUT2D eigenvalue weighted by molar-refractivity contribution is 6.32. The molecule has 0 spiro atoms. The van der Waals surface area contributed by atoms with E-state index < -0.39 is 0 Å². The molecule has 4 rings (SSSR count). The number of carbonyl (C=O) groups excluding carboxylic acids is 1. The Labute approximate surface area is 211 Å². The highest BCUT2D eigenvalue weighted by Gasteiger charge is 2.29. The number of H-pyrrole nitrogens is 1. The van der Waals surface area contributed by atoms with Crippen molar-refractivity contribution in [2.24, 2.45) is 0 Å². The van der Waals surface area contributed by atoms with E-state index >= 15 is 0 Å². The van der Waals surface area contributed by atoms with Gasteiger partial charge in [0.15, 0.2) is 11.6 Å². The Hall–Kier alpha value is -3.17. The van der Waals surface area contributed by atoms with Gasteiger partial charge in [0.25, 0.3) is 0 Å². The van der Waals surface area contributed by atoms with Gasteiger partial charge in [-0.1, -0.05) is 17.7 Å². The number of aromatic amines is 1. The van der Waals surface area contributed by atoms with Crippen LogP contribution in [0.4, 0.5) is 23.3 Å². The van der Waals surface area contributed by atoms with Crippen LogP contribution in [0.5, 0.6) is 0 Å². The Kier molecular flexibility index (Phi) is 7.57. The van der Waals surface area contributed by atoms with Crippen molar-refractivity contribution in [2.75, 3.05) is 37.8 Å². The first-order valence-corrected chi connectivity index (χ1v) is 12.2. The molecule has 1 atom stereocenters. The van der Waals surface area contributed by atoms with Crippen molar-refractivity contribution in [1.82, 2.24) is 30.0 Å². The fourth-order valence-electron chi connectivity index (χ4n) is 4.49. The molecule has 0 aliphatic carbocycles. The van der Waals surface area contributed by atoms with E-state index in [-0.39, 0.29) is 11.9 Å². The monoisotopic (exact) mass is 496 g/mol. The van der Waals surface area contributed by atoms with Crippen molar-refractivity contribution in [3.63, 3.8) is 0 Å². The summed E-state index contributed by atoms with van der Waals surface area (Å²) in [5, 5.41) is 13.9. The summed E-state index contributed by atoms with van der Waals surface area (Å²) in [7, 11) is 3.87. The largest absolute Gasteiger partial charge is 0.335 e. The molecule has 1 unspecified atom stereocenters. The molecule has 3 N–H and O–H groups in total. The first kappa shape index (κ1) is 24.9. The van der Waals surface area contributed by atoms with Gasteiger partial charge in [-0.2, -0.15) is 10.1 Å². The van der Waals surface area contributed by atoms with E-state index in [4.69, 9.17) is 11.6 Å². The van der Waals surface area contributed by atoms with Crippen LogP contribution in [-0.2, 0) is 4.79 Å². The Morgan fingerprint density at radius 1 is 1.17 bits per heavy atom. The maximum Gasteiger partial charge on any atom is 0.237 e. The Morgan fingerprint density at radius 2 is 1.97 bits per heavy atom. The first-order chi connectivity index (χ1) is 16.7. The van der Waals surface area contributed by atoms with E-state index in [0.29, 0.717) is 29.2 Å². The average Bonchev–Trinajstić information content (AvgIpc) is 3.22. The van der Waals surface area contributed by atoms with Crippen molar-refractivity contribution in [3.8, 4) is 0 Å². The molecule has 0 bridgehead atoms. The number of carbonyl (C=O) groups is 1. The molecule has 3 heterocycles. The van der Waals surface area contributed by atoms with Gasteiger partial charge in [0.2, 0.25) is 11.9 Å². The van der Waals surface area contributed by atoms with E-state index in [1.165, 1.54) is 5.56 Å². The Morgan fingerprint density at radius 3 is 2.69 bits per heavy atom. The number of aromatic nitrogens is 4. The van der Waals surface area contributed by atoms with Gasteiger partial charge < -0.3 is 20.4 Å². The van der Waals surface area contributed by atoms with E-state index in [1.54, 1.807) is 6.20 Å². The summed E-state index contributed by atoms with van der Waals surface area (Å²) in [5.74, 6) is 1.71. The quantitative estimate of drug-likeness (QED) is 0.428. The maximum atomic E-state index is 12.9. The summed E-state index contributed by atoms with van der Waals surface area (Å²) >= 11 is 6.30. The molecule has 3 aromatic rings. The summed E-state index contributed by atoms with van der Waals surface area (Å²) in [6.07, 6.45) is 4.72. The van der Waals surface area contributed by atoms with Crippen LogP contribution in [0.2, 0.25) is 5.02 Å². The van der Waals surface area contributed by atoms with Crippen molar-refractivity contribution < 1.29 is 4.79 Å². The van der Waals surface area contributed by atoms with Crippen LogP contribution in [0.15, 0.2) is 24.4 Å². The van der Waals surface area contributed by atoms with Gasteiger partial charge in [-0.25, -0.2) is 4.98 Å². The number of halogens is 1. The van der Waals surface area contributed by atoms with Crippen LogP contribution in [0.1, 0.15) is 47.7 Å². The van der Waals surface area contributed by atoms with Crippen LogP contribution in [0, 0.1) is 20.8 Å². The lowest BCUT2D eigenvalue weighted by molar-refractivity contribution is -0.135. The molecule has 1 amide bonds. The lowest BCUT2D eigenvalue weighted by Crippen LogP contribution is -2.43. The van der Waals surface area contributed by atoms with E-state index in [0.717, 1.165) is 48.3 Å². The number of likely N-dealkylation sites (N-methyl/N-ethyl adjacent to an activating group) is 1. The maximum absolute atomic E-state index is 12.9. The normalized spacial score (nSPS) is 16.0. The molecule has 186 valence electrons. The van der Waals surface area contributed by atoms with Gasteiger partial charge in [0, 0.05) is 24.0 Å². The third-order valence-corrected chi connectivity index (χ3v) is 6.47. The minimum atomic E-state index is 0.101. The first-order valence-electron chi connectivity index (χ1n) is 11.8. The Balaban J connectivity index is 1.56. The second-order valence-corrected chi connectivity index (χ2v) is 9.84. The third kappa shape index (κ3) is 5.91. The zero-order valence-electron chi connectivity index (χ0n) is 20.9. The number of hydrogen-bond acceptors (Lipinski definition) is 7. The van der Waals surface area contributed by atoms with Gasteiger partial charge in [0.05, 0.1) is 18.8 Å². The van der Waals surface area contributed by atoms with Crippen LogP contribution in [-0.4, -0.2) is 63.1 Å². The minimum absolute atomic E-state index is 0.101. The molecule has 0 saturated carbocycles. The van der Waals surface area contributed by atoms with Crippen LogP contribution in [0.3, 0.4) is 0 Å². The number of piperidine rings is 1. The molecule has 0 radical (unpaired) electrons. The van der Waals surface area contributed by atoms with Gasteiger partial charge in [-0.05, 0) is 76.9 Å². The molecule has 1 aromatic carbocycles. The number of aryl methyl sites for hydroxylation is 3. The van der Waals surface area contributed by atoms with E-state index in [2.05, 4.69) is 61.7 Å². The number of benzene rings is 1. The fraction of sp³-hybridized carbons (Fsp3) is 0.440. The number of likely N-dealkylation sites (tertiary alicyclic amines) is 1. The second-order valence-electron chi connectivity index (χ2n) is 9.44. The van der Waals surface area contributed by atoms with Crippen LogP contribution in [0.25, 0.3) is 0 Å². The van der Waals surface area contributed by atoms with Gasteiger partial charge in [-0.15, -0.1) is 0 Å². The van der Waals surface area contributed by atoms with Crippen molar-refractivity contribution in [1.29, 1.82) is 0 Å². The smallest absolute Gasteiger partial charge is 0.237 e. The van der Waals surface area contributed by atoms with Gasteiger partial charge >= 0.3 is 0 Å². The average molecular weight is 497 g/mol. The topological polar surface area (TPSA) is 102 Å². The van der Waals surface area contributed by atoms with E-state index in [9.17, 15) is 4.79 Å². The molecular weight excluding hydrogens is 464 g/mol. The predicted octanol–water partition coefficient (Wildman–Crippen LogP) is 4.88. The highest BCUT2D eigenvalue weighted by atomic mass is 35.5. The van der Waals surface area contributed by atoms with Crippen molar-refractivity contribution >= 4 is 40.8 Å². The Bertz CT molecular complexity index is 1210. The summed E-state index contributed by atoms with van der Waals surface area (Å²) in [4.78, 5) is 25.8. The lowest BCUT2D eigenvalue weighted by Gasteiger charge is -2.37. The summed E-state index contributed by atoms with van der Waals surface area (Å²) in [5.41, 5.74) is 5.24. The molecule has 35 heavy (non-hydrogen) atoms. The molecule has 9 nitrogen and oxygen atoms in total. The summed E-state index contributed by atoms with van der Waals surface area (Å²) in [6.45, 7) is 7.31. The molecule has 1 aliphatic heterocycles. The molecular formula is C25H33ClN8O.